The van der Waals surface area contributed by atoms with Gasteiger partial charge in [0.05, 0.1) is 12.6 Å². The van der Waals surface area contributed by atoms with Crippen LogP contribution in [0.4, 0.5) is 0 Å². The summed E-state index contributed by atoms with van der Waals surface area (Å²) < 4.78 is 0. The number of nitrogens with one attached hydrogen (secondary N) is 1. The van der Waals surface area contributed by atoms with E-state index in [0.29, 0.717) is 6.54 Å². The molecule has 1 heterocycles. The Balaban J connectivity index is 1.54. The second kappa shape index (κ2) is 7.95. The summed E-state index contributed by atoms with van der Waals surface area (Å²) in [5.74, 6) is 0.0814. The molecule has 3 nitrogen and oxygen atoms in total. The van der Waals surface area contributed by atoms with Crippen LogP contribution < -0.4 is 5.32 Å². The molecule has 0 unspecified atom stereocenters. The van der Waals surface area contributed by atoms with Gasteiger partial charge in [0, 0.05) is 6.54 Å². The van der Waals surface area contributed by atoms with E-state index in [4.69, 9.17) is 0 Å². The number of amides is 1. The van der Waals surface area contributed by atoms with Crippen LogP contribution >= 0.6 is 11.3 Å². The molecule has 1 atom stereocenters. The first kappa shape index (κ1) is 17.2. The van der Waals surface area contributed by atoms with Gasteiger partial charge >= 0.3 is 0 Å². The largest absolute Gasteiger partial charge is 0.348 e. The van der Waals surface area contributed by atoms with Crippen molar-refractivity contribution in [3.05, 3.63) is 57.3 Å². The molecule has 0 fully saturated rings. The van der Waals surface area contributed by atoms with Crippen molar-refractivity contribution < 1.29 is 4.79 Å². The van der Waals surface area contributed by atoms with Crippen LogP contribution in [0, 0.1) is 0 Å². The van der Waals surface area contributed by atoms with E-state index in [1.54, 1.807) is 11.3 Å². The minimum atomic E-state index is 0.0549. The van der Waals surface area contributed by atoms with E-state index in [1.807, 2.05) is 7.05 Å². The number of rotatable bonds is 6. The smallest absolute Gasteiger partial charge is 0.234 e. The summed E-state index contributed by atoms with van der Waals surface area (Å²) in [6.07, 6.45) is 4.95. The standard InChI is InChI=1S/C20H26N2OS/c1-15(18-8-7-17-5-3-4-6-19(17)11-18)21-20(23)13-22(2)12-16-9-10-24-14-16/h7-11,14-15H,3-6,12-13H2,1-2H3,(H,21,23)/t15-/m1/s1. The fourth-order valence-corrected chi connectivity index (χ4v) is 4.05. The maximum Gasteiger partial charge on any atom is 0.234 e. The monoisotopic (exact) mass is 342 g/mol. The fraction of sp³-hybridized carbons (Fsp3) is 0.450. The number of fused-ring (bicyclic) bond motifs is 1. The average molecular weight is 343 g/mol. The van der Waals surface area contributed by atoms with Gasteiger partial charge in [-0.15, -0.1) is 0 Å². The van der Waals surface area contributed by atoms with E-state index >= 15 is 0 Å². The number of likely N-dealkylation sites (N-methyl/N-ethyl adjacent to an activating group) is 1. The van der Waals surface area contributed by atoms with E-state index in [1.165, 1.54) is 47.9 Å². The molecule has 1 N–H and O–H groups in total. The lowest BCUT2D eigenvalue weighted by molar-refractivity contribution is -0.122. The van der Waals surface area contributed by atoms with Gasteiger partial charge in [-0.25, -0.2) is 0 Å². The topological polar surface area (TPSA) is 32.3 Å². The average Bonchev–Trinajstić information content (AvgIpc) is 3.06. The SMILES string of the molecule is C[C@@H](NC(=O)CN(C)Cc1ccsc1)c1ccc2c(c1)CCCC2. The minimum absolute atomic E-state index is 0.0549. The number of hydrogen-bond donors (Lipinski definition) is 1. The van der Waals surface area contributed by atoms with Gasteiger partial charge in [-0.3, -0.25) is 9.69 Å². The summed E-state index contributed by atoms with van der Waals surface area (Å²) in [5.41, 5.74) is 5.43. The summed E-state index contributed by atoms with van der Waals surface area (Å²) in [4.78, 5) is 14.4. The zero-order valence-electron chi connectivity index (χ0n) is 14.5. The highest BCUT2D eigenvalue weighted by molar-refractivity contribution is 7.07. The third kappa shape index (κ3) is 4.46. The number of carbonyl (C=O) groups excluding carboxylic acids is 1. The molecule has 1 aromatic carbocycles. The second-order valence-corrected chi connectivity index (χ2v) is 7.61. The number of hydrogen-bond acceptors (Lipinski definition) is 3. The summed E-state index contributed by atoms with van der Waals surface area (Å²) in [6, 6.07) is 8.86. The lowest BCUT2D eigenvalue weighted by atomic mass is 9.89. The molecule has 0 saturated heterocycles. The van der Waals surface area contributed by atoms with E-state index in [9.17, 15) is 4.79 Å². The van der Waals surface area contributed by atoms with E-state index in [0.717, 1.165) is 6.54 Å². The Bertz CT molecular complexity index is 681. The summed E-state index contributed by atoms with van der Waals surface area (Å²) in [6.45, 7) is 3.30. The molecule has 0 spiro atoms. The Hall–Kier alpha value is -1.65. The number of benzene rings is 1. The molecular weight excluding hydrogens is 316 g/mol. The maximum atomic E-state index is 12.3. The lowest BCUT2D eigenvalue weighted by Gasteiger charge is -2.21. The zero-order chi connectivity index (χ0) is 16.9. The van der Waals surface area contributed by atoms with Crippen LogP contribution in [0.2, 0.25) is 0 Å². The Morgan fingerprint density at radius 3 is 2.79 bits per heavy atom. The molecule has 1 aliphatic carbocycles. The van der Waals surface area contributed by atoms with Crippen LogP contribution in [0.5, 0.6) is 0 Å². The van der Waals surface area contributed by atoms with Gasteiger partial charge in [0.25, 0.3) is 0 Å². The molecule has 0 saturated carbocycles. The Kier molecular flexibility index (Phi) is 5.69. The highest BCUT2D eigenvalue weighted by Crippen LogP contribution is 2.24. The van der Waals surface area contributed by atoms with Crippen LogP contribution in [0.25, 0.3) is 0 Å². The predicted molar refractivity (Wildman–Crippen MR) is 100 cm³/mol. The quantitative estimate of drug-likeness (QED) is 0.862. The first-order valence-corrected chi connectivity index (χ1v) is 9.67. The third-order valence-corrected chi connectivity index (χ3v) is 5.43. The highest BCUT2D eigenvalue weighted by Gasteiger charge is 2.15. The number of thiophene rings is 1. The van der Waals surface area contributed by atoms with Crippen molar-refractivity contribution >= 4 is 17.2 Å². The molecular formula is C20H26N2OS. The van der Waals surface area contributed by atoms with Crippen molar-refractivity contribution in [3.63, 3.8) is 0 Å². The number of aryl methyl sites for hydroxylation is 2. The first-order chi connectivity index (χ1) is 11.6. The molecule has 1 amide bonds. The Labute approximate surface area is 148 Å². The predicted octanol–water partition coefficient (Wildman–Crippen LogP) is 3.94. The van der Waals surface area contributed by atoms with Crippen LogP contribution in [-0.4, -0.2) is 24.4 Å². The van der Waals surface area contributed by atoms with E-state index < -0.39 is 0 Å². The summed E-state index contributed by atoms with van der Waals surface area (Å²) in [5, 5.41) is 7.34. The first-order valence-electron chi connectivity index (χ1n) is 8.72. The van der Waals surface area contributed by atoms with Crippen molar-refractivity contribution in [2.75, 3.05) is 13.6 Å². The molecule has 2 aromatic rings. The maximum absolute atomic E-state index is 12.3. The van der Waals surface area contributed by atoms with Gasteiger partial charge in [0.1, 0.15) is 0 Å². The number of carbonyl (C=O) groups is 1. The van der Waals surface area contributed by atoms with Crippen molar-refractivity contribution in [1.82, 2.24) is 10.2 Å². The minimum Gasteiger partial charge on any atom is -0.348 e. The molecule has 3 rings (SSSR count). The molecule has 24 heavy (non-hydrogen) atoms. The van der Waals surface area contributed by atoms with E-state index in [-0.39, 0.29) is 11.9 Å². The zero-order valence-corrected chi connectivity index (χ0v) is 15.4. The molecule has 4 heteroatoms. The summed E-state index contributed by atoms with van der Waals surface area (Å²) >= 11 is 1.69. The van der Waals surface area contributed by atoms with Crippen molar-refractivity contribution in [2.45, 2.75) is 45.2 Å². The molecule has 1 aromatic heterocycles. The van der Waals surface area contributed by atoms with E-state index in [2.05, 4.69) is 52.2 Å². The van der Waals surface area contributed by atoms with Gasteiger partial charge in [-0.05, 0) is 78.7 Å². The Morgan fingerprint density at radius 2 is 2.04 bits per heavy atom. The molecule has 1 aliphatic rings. The molecule has 0 radical (unpaired) electrons. The van der Waals surface area contributed by atoms with Crippen LogP contribution in [-0.2, 0) is 24.2 Å². The summed E-state index contributed by atoms with van der Waals surface area (Å²) in [7, 11) is 1.99. The molecule has 128 valence electrons. The van der Waals surface area contributed by atoms with Gasteiger partial charge in [-0.1, -0.05) is 18.2 Å². The molecule has 0 bridgehead atoms. The fourth-order valence-electron chi connectivity index (χ4n) is 3.39. The van der Waals surface area contributed by atoms with Gasteiger partial charge in [-0.2, -0.15) is 11.3 Å². The van der Waals surface area contributed by atoms with Gasteiger partial charge in [0.15, 0.2) is 0 Å². The lowest BCUT2D eigenvalue weighted by Crippen LogP contribution is -2.36. The second-order valence-electron chi connectivity index (χ2n) is 6.83. The van der Waals surface area contributed by atoms with Crippen LogP contribution in [0.3, 0.4) is 0 Å². The van der Waals surface area contributed by atoms with Crippen molar-refractivity contribution in [2.24, 2.45) is 0 Å². The normalized spacial score (nSPS) is 15.1. The van der Waals surface area contributed by atoms with Gasteiger partial charge in [0.2, 0.25) is 5.91 Å². The van der Waals surface area contributed by atoms with Gasteiger partial charge < -0.3 is 5.32 Å². The highest BCUT2D eigenvalue weighted by atomic mass is 32.1. The Morgan fingerprint density at radius 1 is 1.25 bits per heavy atom. The van der Waals surface area contributed by atoms with Crippen LogP contribution in [0.1, 0.15) is 48.1 Å². The van der Waals surface area contributed by atoms with Crippen molar-refractivity contribution in [3.8, 4) is 0 Å². The molecule has 0 aliphatic heterocycles. The van der Waals surface area contributed by atoms with Crippen LogP contribution in [0.15, 0.2) is 35.0 Å². The third-order valence-electron chi connectivity index (χ3n) is 4.70. The van der Waals surface area contributed by atoms with Crippen molar-refractivity contribution in [1.29, 1.82) is 0 Å². The number of nitrogens with zero attached hydrogens (tertiary/aromatic N) is 1.